The Morgan fingerprint density at radius 2 is 2.14 bits per heavy atom. The van der Waals surface area contributed by atoms with E-state index in [1.807, 2.05) is 36.4 Å². The zero-order chi connectivity index (χ0) is 14.7. The van der Waals surface area contributed by atoms with Gasteiger partial charge in [0.15, 0.2) is 5.76 Å². The van der Waals surface area contributed by atoms with Gasteiger partial charge in [0.25, 0.3) is 0 Å². The maximum Gasteiger partial charge on any atom is 0.167 e. The standard InChI is InChI=1S/C17H22N2O2/c1-13-9-14(12-20)7-8-19(13)11-16-10-17(21-18-16)15-5-3-2-4-6-15/h2-6,10,13-14,20H,7-9,11-12H2,1H3/t13-,14-/m0/s1. The molecule has 0 spiro atoms. The molecule has 112 valence electrons. The van der Waals surface area contributed by atoms with Crippen LogP contribution in [-0.2, 0) is 6.54 Å². The summed E-state index contributed by atoms with van der Waals surface area (Å²) < 4.78 is 5.45. The highest BCUT2D eigenvalue weighted by Crippen LogP contribution is 2.25. The first-order valence-corrected chi connectivity index (χ1v) is 7.62. The molecule has 1 saturated heterocycles. The largest absolute Gasteiger partial charge is 0.396 e. The molecule has 2 heterocycles. The summed E-state index contributed by atoms with van der Waals surface area (Å²) in [6.07, 6.45) is 2.12. The summed E-state index contributed by atoms with van der Waals surface area (Å²) in [6.45, 7) is 4.36. The molecule has 0 radical (unpaired) electrons. The molecule has 1 aliphatic heterocycles. The van der Waals surface area contributed by atoms with Crippen LogP contribution in [0.25, 0.3) is 11.3 Å². The molecule has 0 aliphatic carbocycles. The maximum atomic E-state index is 9.27. The van der Waals surface area contributed by atoms with Crippen molar-refractivity contribution in [3.05, 3.63) is 42.1 Å². The molecule has 1 aromatic heterocycles. The van der Waals surface area contributed by atoms with Gasteiger partial charge in [-0.3, -0.25) is 4.90 Å². The van der Waals surface area contributed by atoms with Crippen LogP contribution >= 0.6 is 0 Å². The van der Waals surface area contributed by atoms with Crippen molar-refractivity contribution in [1.29, 1.82) is 0 Å². The Hall–Kier alpha value is -1.65. The van der Waals surface area contributed by atoms with Gasteiger partial charge in [-0.25, -0.2) is 0 Å². The second-order valence-electron chi connectivity index (χ2n) is 5.94. The fraction of sp³-hybridized carbons (Fsp3) is 0.471. The monoisotopic (exact) mass is 286 g/mol. The molecule has 0 saturated carbocycles. The van der Waals surface area contributed by atoms with Crippen LogP contribution in [0.15, 0.2) is 40.9 Å². The summed E-state index contributed by atoms with van der Waals surface area (Å²) in [5, 5.41) is 13.5. The van der Waals surface area contributed by atoms with Gasteiger partial charge in [-0.05, 0) is 32.2 Å². The Morgan fingerprint density at radius 3 is 2.86 bits per heavy atom. The van der Waals surface area contributed by atoms with Gasteiger partial charge < -0.3 is 9.63 Å². The second-order valence-corrected chi connectivity index (χ2v) is 5.94. The quantitative estimate of drug-likeness (QED) is 0.939. The van der Waals surface area contributed by atoms with E-state index in [1.165, 1.54) is 0 Å². The minimum Gasteiger partial charge on any atom is -0.396 e. The molecule has 0 unspecified atom stereocenters. The predicted molar refractivity (Wildman–Crippen MR) is 81.6 cm³/mol. The first-order chi connectivity index (χ1) is 10.3. The Balaban J connectivity index is 1.65. The number of benzene rings is 1. The van der Waals surface area contributed by atoms with Gasteiger partial charge in [0.05, 0.1) is 5.69 Å². The summed E-state index contributed by atoms with van der Waals surface area (Å²) in [5.74, 6) is 1.27. The number of aliphatic hydroxyl groups excluding tert-OH is 1. The third-order valence-electron chi connectivity index (χ3n) is 4.36. The molecule has 1 aliphatic rings. The van der Waals surface area contributed by atoms with Gasteiger partial charge >= 0.3 is 0 Å². The lowest BCUT2D eigenvalue weighted by Crippen LogP contribution is -2.41. The Kier molecular flexibility index (Phi) is 4.36. The summed E-state index contributed by atoms with van der Waals surface area (Å²) in [4.78, 5) is 2.42. The van der Waals surface area contributed by atoms with Crippen molar-refractivity contribution in [2.24, 2.45) is 5.92 Å². The van der Waals surface area contributed by atoms with Gasteiger partial charge in [0.2, 0.25) is 0 Å². The first kappa shape index (κ1) is 14.3. The van der Waals surface area contributed by atoms with Crippen LogP contribution in [0.4, 0.5) is 0 Å². The molecule has 4 heteroatoms. The van der Waals surface area contributed by atoms with Crippen LogP contribution in [0.2, 0.25) is 0 Å². The van der Waals surface area contributed by atoms with Crippen molar-refractivity contribution in [3.8, 4) is 11.3 Å². The molecular formula is C17H22N2O2. The number of nitrogens with zero attached hydrogens (tertiary/aromatic N) is 2. The van der Waals surface area contributed by atoms with E-state index in [1.54, 1.807) is 0 Å². The average Bonchev–Trinajstić information content (AvgIpc) is 2.99. The lowest BCUT2D eigenvalue weighted by molar-refractivity contribution is 0.0822. The summed E-state index contributed by atoms with van der Waals surface area (Å²) in [6, 6.07) is 12.6. The molecule has 1 N–H and O–H groups in total. The fourth-order valence-corrected chi connectivity index (χ4v) is 3.05. The van der Waals surface area contributed by atoms with Gasteiger partial charge in [0.1, 0.15) is 0 Å². The van der Waals surface area contributed by atoms with Crippen molar-refractivity contribution >= 4 is 0 Å². The molecular weight excluding hydrogens is 264 g/mol. The number of hydrogen-bond acceptors (Lipinski definition) is 4. The molecule has 2 aromatic rings. The molecule has 1 fully saturated rings. The zero-order valence-electron chi connectivity index (χ0n) is 12.4. The smallest absolute Gasteiger partial charge is 0.167 e. The molecule has 1 aromatic carbocycles. The molecule has 2 atom stereocenters. The number of hydrogen-bond donors (Lipinski definition) is 1. The van der Waals surface area contributed by atoms with Gasteiger partial charge in [-0.1, -0.05) is 35.5 Å². The van der Waals surface area contributed by atoms with Gasteiger partial charge in [0, 0.05) is 30.8 Å². The highest BCUT2D eigenvalue weighted by molar-refractivity contribution is 5.56. The topological polar surface area (TPSA) is 49.5 Å². The van der Waals surface area contributed by atoms with Crippen molar-refractivity contribution in [2.75, 3.05) is 13.2 Å². The number of piperidine rings is 1. The van der Waals surface area contributed by atoms with Crippen molar-refractivity contribution in [1.82, 2.24) is 10.1 Å². The van der Waals surface area contributed by atoms with Gasteiger partial charge in [-0.15, -0.1) is 0 Å². The normalized spacial score (nSPS) is 23.3. The van der Waals surface area contributed by atoms with E-state index in [2.05, 4.69) is 17.0 Å². The van der Waals surface area contributed by atoms with E-state index in [-0.39, 0.29) is 0 Å². The minimum absolute atomic E-state index is 0.306. The van der Waals surface area contributed by atoms with Crippen LogP contribution in [0, 0.1) is 5.92 Å². The third kappa shape index (κ3) is 3.34. The maximum absolute atomic E-state index is 9.27. The van der Waals surface area contributed by atoms with E-state index in [4.69, 9.17) is 4.52 Å². The molecule has 4 nitrogen and oxygen atoms in total. The lowest BCUT2D eigenvalue weighted by atomic mass is 9.92. The van der Waals surface area contributed by atoms with Crippen LogP contribution in [0.3, 0.4) is 0 Å². The van der Waals surface area contributed by atoms with E-state index < -0.39 is 0 Å². The third-order valence-corrected chi connectivity index (χ3v) is 4.36. The molecule has 3 rings (SSSR count). The van der Waals surface area contributed by atoms with Crippen LogP contribution in [-0.4, -0.2) is 34.4 Å². The van der Waals surface area contributed by atoms with Crippen molar-refractivity contribution < 1.29 is 9.63 Å². The molecule has 21 heavy (non-hydrogen) atoms. The van der Waals surface area contributed by atoms with Crippen LogP contribution in [0.5, 0.6) is 0 Å². The molecule has 0 bridgehead atoms. The van der Waals surface area contributed by atoms with E-state index in [9.17, 15) is 5.11 Å². The highest BCUT2D eigenvalue weighted by atomic mass is 16.5. The number of aliphatic hydroxyl groups is 1. The Bertz CT molecular complexity index is 567. The van der Waals surface area contributed by atoms with Crippen molar-refractivity contribution in [3.63, 3.8) is 0 Å². The predicted octanol–water partition coefficient (Wildman–Crippen LogP) is 2.93. The zero-order valence-corrected chi connectivity index (χ0v) is 12.4. The number of likely N-dealkylation sites (tertiary alicyclic amines) is 1. The van der Waals surface area contributed by atoms with Crippen LogP contribution in [0.1, 0.15) is 25.5 Å². The van der Waals surface area contributed by atoms with E-state index in [0.29, 0.717) is 18.6 Å². The average molecular weight is 286 g/mol. The SMILES string of the molecule is C[C@H]1C[C@@H](CO)CCN1Cc1cc(-c2ccccc2)on1. The first-order valence-electron chi connectivity index (χ1n) is 7.62. The number of aromatic nitrogens is 1. The Labute approximate surface area is 125 Å². The fourth-order valence-electron chi connectivity index (χ4n) is 3.05. The van der Waals surface area contributed by atoms with E-state index in [0.717, 1.165) is 42.9 Å². The summed E-state index contributed by atoms with van der Waals surface area (Å²) >= 11 is 0. The summed E-state index contributed by atoms with van der Waals surface area (Å²) in [7, 11) is 0. The van der Waals surface area contributed by atoms with Gasteiger partial charge in [-0.2, -0.15) is 0 Å². The highest BCUT2D eigenvalue weighted by Gasteiger charge is 2.25. The van der Waals surface area contributed by atoms with E-state index >= 15 is 0 Å². The molecule has 0 amide bonds. The lowest BCUT2D eigenvalue weighted by Gasteiger charge is -2.36. The second kappa shape index (κ2) is 6.41. The van der Waals surface area contributed by atoms with Crippen molar-refractivity contribution in [2.45, 2.75) is 32.4 Å². The number of rotatable bonds is 4. The van der Waals surface area contributed by atoms with Crippen LogP contribution < -0.4 is 0 Å². The minimum atomic E-state index is 0.306. The summed E-state index contributed by atoms with van der Waals surface area (Å²) in [5.41, 5.74) is 2.03. The Morgan fingerprint density at radius 1 is 1.33 bits per heavy atom.